The molecule has 2 amide bonds. The quantitative estimate of drug-likeness (QED) is 0.599. The summed E-state index contributed by atoms with van der Waals surface area (Å²) in [6, 6.07) is 9.70. The largest absolute Gasteiger partial charge is 0.463 e. The van der Waals surface area contributed by atoms with E-state index in [1.807, 2.05) is 49.6 Å². The molecule has 1 saturated carbocycles. The number of aromatic nitrogens is 1. The Labute approximate surface area is 194 Å². The topological polar surface area (TPSA) is 67.5 Å². The Balaban J connectivity index is 1.61. The lowest BCUT2D eigenvalue weighted by Gasteiger charge is -2.46. The van der Waals surface area contributed by atoms with Crippen molar-refractivity contribution in [3.05, 3.63) is 53.4 Å². The van der Waals surface area contributed by atoms with Crippen molar-refractivity contribution in [2.75, 3.05) is 4.90 Å². The van der Waals surface area contributed by atoms with E-state index in [-0.39, 0.29) is 17.9 Å². The maximum Gasteiger partial charge on any atom is 0.276 e. The zero-order valence-corrected chi connectivity index (χ0v) is 20.1. The number of benzene rings is 1. The average Bonchev–Trinajstić information content (AvgIpc) is 3.37. The minimum absolute atomic E-state index is 0.0984. The SMILES string of the molecule is Cc1cccc(N2C(=O)c3cc4occc4n3C[C@]2(C)C(=O)N[C@@H]2CCC[C@@H](C)[C@@H]2C)c1C. The summed E-state index contributed by atoms with van der Waals surface area (Å²) in [4.78, 5) is 29.7. The van der Waals surface area contributed by atoms with Crippen LogP contribution in [0.3, 0.4) is 0 Å². The van der Waals surface area contributed by atoms with E-state index in [0.29, 0.717) is 29.7 Å². The molecule has 174 valence electrons. The Morgan fingerprint density at radius 3 is 2.76 bits per heavy atom. The zero-order valence-electron chi connectivity index (χ0n) is 20.1. The molecule has 2 aromatic heterocycles. The highest BCUT2D eigenvalue weighted by molar-refractivity contribution is 6.14. The smallest absolute Gasteiger partial charge is 0.276 e. The van der Waals surface area contributed by atoms with Crippen LogP contribution < -0.4 is 10.2 Å². The van der Waals surface area contributed by atoms with Gasteiger partial charge in [-0.05, 0) is 56.2 Å². The molecule has 0 unspecified atom stereocenters. The van der Waals surface area contributed by atoms with Gasteiger partial charge in [-0.3, -0.25) is 14.5 Å². The number of furan rings is 1. The van der Waals surface area contributed by atoms with Crippen LogP contribution in [0.25, 0.3) is 11.1 Å². The van der Waals surface area contributed by atoms with E-state index >= 15 is 0 Å². The van der Waals surface area contributed by atoms with Crippen LogP contribution in [0.4, 0.5) is 5.69 Å². The summed E-state index contributed by atoms with van der Waals surface area (Å²) in [6.07, 6.45) is 4.92. The second kappa shape index (κ2) is 7.79. The molecular weight excluding hydrogens is 414 g/mol. The van der Waals surface area contributed by atoms with Crippen molar-refractivity contribution in [3.8, 4) is 0 Å². The molecule has 1 aromatic carbocycles. The van der Waals surface area contributed by atoms with Gasteiger partial charge in [0.15, 0.2) is 5.58 Å². The van der Waals surface area contributed by atoms with Gasteiger partial charge < -0.3 is 14.3 Å². The van der Waals surface area contributed by atoms with Crippen LogP contribution >= 0.6 is 0 Å². The van der Waals surface area contributed by atoms with Gasteiger partial charge in [0, 0.05) is 23.9 Å². The van der Waals surface area contributed by atoms with Crippen molar-refractivity contribution in [1.82, 2.24) is 9.88 Å². The number of carbonyl (C=O) groups excluding carboxylic acids is 2. The van der Waals surface area contributed by atoms with E-state index in [2.05, 4.69) is 19.2 Å². The van der Waals surface area contributed by atoms with Gasteiger partial charge in [-0.2, -0.15) is 0 Å². The van der Waals surface area contributed by atoms with Crippen LogP contribution in [0, 0.1) is 25.7 Å². The highest BCUT2D eigenvalue weighted by Gasteiger charge is 2.50. The summed E-state index contributed by atoms with van der Waals surface area (Å²) in [6.45, 7) is 10.8. The van der Waals surface area contributed by atoms with Gasteiger partial charge in [0.2, 0.25) is 5.91 Å². The van der Waals surface area contributed by atoms with Gasteiger partial charge in [-0.1, -0.05) is 38.8 Å². The maximum absolute atomic E-state index is 14.0. The van der Waals surface area contributed by atoms with E-state index in [1.54, 1.807) is 17.2 Å². The monoisotopic (exact) mass is 447 g/mol. The summed E-state index contributed by atoms with van der Waals surface area (Å²) in [7, 11) is 0. The molecule has 4 atom stereocenters. The first-order valence-corrected chi connectivity index (χ1v) is 12.0. The molecule has 3 aromatic rings. The molecule has 1 aliphatic heterocycles. The number of hydrogen-bond acceptors (Lipinski definition) is 3. The van der Waals surface area contributed by atoms with Crippen LogP contribution in [0.15, 0.2) is 41.0 Å². The number of anilines is 1. The second-order valence-electron chi connectivity index (χ2n) is 10.3. The number of nitrogens with one attached hydrogen (secondary N) is 1. The lowest BCUT2D eigenvalue weighted by atomic mass is 9.77. The van der Waals surface area contributed by atoms with Crippen LogP contribution in [0.1, 0.15) is 61.6 Å². The standard InChI is InChI=1S/C27H33N3O3/c1-16-8-6-10-20(18(16)3)28-26(32)27(5)15-29-22-12-13-33-24(22)14-23(29)25(31)30(27)21-11-7-9-17(2)19(21)4/h7,9,11-14,16,18,20H,6,8,10,15H2,1-5H3,(H,28,32)/t16-,18+,20-,27-/m1/s1. The van der Waals surface area contributed by atoms with Crippen molar-refractivity contribution in [2.45, 2.75) is 72.0 Å². The van der Waals surface area contributed by atoms with Crippen molar-refractivity contribution < 1.29 is 14.0 Å². The summed E-state index contributed by atoms with van der Waals surface area (Å²) < 4.78 is 7.53. The molecule has 33 heavy (non-hydrogen) atoms. The predicted molar refractivity (Wildman–Crippen MR) is 129 cm³/mol. The van der Waals surface area contributed by atoms with Crippen LogP contribution in [0.2, 0.25) is 0 Å². The molecule has 6 heteroatoms. The van der Waals surface area contributed by atoms with E-state index in [1.165, 1.54) is 6.42 Å². The third-order valence-corrected chi connectivity index (χ3v) is 8.23. The van der Waals surface area contributed by atoms with Gasteiger partial charge in [0.05, 0.1) is 18.3 Å². The molecule has 0 spiro atoms. The van der Waals surface area contributed by atoms with Crippen molar-refractivity contribution in [1.29, 1.82) is 0 Å². The first-order valence-electron chi connectivity index (χ1n) is 12.0. The fraction of sp³-hybridized carbons (Fsp3) is 0.481. The van der Waals surface area contributed by atoms with Crippen LogP contribution in [-0.2, 0) is 11.3 Å². The number of nitrogens with zero attached hydrogens (tertiary/aromatic N) is 2. The maximum atomic E-state index is 14.0. The Morgan fingerprint density at radius 1 is 1.18 bits per heavy atom. The molecule has 1 aliphatic carbocycles. The third kappa shape index (κ3) is 3.30. The third-order valence-electron chi connectivity index (χ3n) is 8.23. The zero-order chi connectivity index (χ0) is 23.5. The normalized spacial score (nSPS) is 27.6. The number of amides is 2. The first kappa shape index (κ1) is 21.8. The van der Waals surface area contributed by atoms with E-state index in [0.717, 1.165) is 35.2 Å². The average molecular weight is 448 g/mol. The van der Waals surface area contributed by atoms with Gasteiger partial charge in [-0.15, -0.1) is 0 Å². The fourth-order valence-corrected chi connectivity index (χ4v) is 5.68. The molecule has 5 rings (SSSR count). The molecule has 0 saturated heterocycles. The molecular formula is C27H33N3O3. The molecule has 3 heterocycles. The van der Waals surface area contributed by atoms with Crippen LogP contribution in [-0.4, -0.2) is 28.0 Å². The lowest BCUT2D eigenvalue weighted by Crippen LogP contribution is -2.66. The number of carbonyl (C=O) groups is 2. The van der Waals surface area contributed by atoms with Gasteiger partial charge in [-0.25, -0.2) is 0 Å². The molecule has 2 aliphatic rings. The number of aryl methyl sites for hydroxylation is 1. The summed E-state index contributed by atoms with van der Waals surface area (Å²) in [5.41, 5.74) is 3.87. The minimum atomic E-state index is -1.08. The predicted octanol–water partition coefficient (Wildman–Crippen LogP) is 5.21. The summed E-state index contributed by atoms with van der Waals surface area (Å²) in [5, 5.41) is 3.36. The number of fused-ring (bicyclic) bond motifs is 3. The summed E-state index contributed by atoms with van der Waals surface area (Å²) in [5.74, 6) is 0.701. The van der Waals surface area contributed by atoms with Crippen LogP contribution in [0.5, 0.6) is 0 Å². The second-order valence-corrected chi connectivity index (χ2v) is 10.3. The van der Waals surface area contributed by atoms with Gasteiger partial charge in [0.25, 0.3) is 5.91 Å². The highest BCUT2D eigenvalue weighted by Crippen LogP contribution is 2.39. The highest BCUT2D eigenvalue weighted by atomic mass is 16.3. The Bertz CT molecular complexity index is 1240. The molecule has 6 nitrogen and oxygen atoms in total. The molecule has 1 fully saturated rings. The first-order chi connectivity index (χ1) is 15.7. The summed E-state index contributed by atoms with van der Waals surface area (Å²) >= 11 is 0. The number of hydrogen-bond donors (Lipinski definition) is 1. The van der Waals surface area contributed by atoms with Crippen molar-refractivity contribution >= 4 is 28.6 Å². The van der Waals surface area contributed by atoms with Gasteiger partial charge >= 0.3 is 0 Å². The Hall–Kier alpha value is -3.02. The molecule has 0 radical (unpaired) electrons. The van der Waals surface area contributed by atoms with Gasteiger partial charge in [0.1, 0.15) is 11.2 Å². The van der Waals surface area contributed by atoms with Crippen molar-refractivity contribution in [2.24, 2.45) is 11.8 Å². The molecule has 1 N–H and O–H groups in total. The van der Waals surface area contributed by atoms with E-state index < -0.39 is 5.54 Å². The Morgan fingerprint density at radius 2 is 1.97 bits per heavy atom. The fourth-order valence-electron chi connectivity index (χ4n) is 5.68. The number of rotatable bonds is 3. The van der Waals surface area contributed by atoms with E-state index in [4.69, 9.17) is 4.42 Å². The Kier molecular flexibility index (Phi) is 5.15. The minimum Gasteiger partial charge on any atom is -0.463 e. The van der Waals surface area contributed by atoms with E-state index in [9.17, 15) is 9.59 Å². The molecule has 0 bridgehead atoms. The lowest BCUT2D eigenvalue weighted by molar-refractivity contribution is -0.128. The van der Waals surface area contributed by atoms with Crippen molar-refractivity contribution in [3.63, 3.8) is 0 Å².